The van der Waals surface area contributed by atoms with Crippen LogP contribution < -0.4 is 14.8 Å². The number of hydrogen-bond donors (Lipinski definition) is 2. The number of hydrogen-bond acceptors (Lipinski definition) is 5. The SMILES string of the molecule is CCn1c(-c2ccc(N(CCO)S(C)(=O)=O)cc2)c(N)c2ccc(OC)cc21. The Morgan fingerprint density at radius 2 is 1.86 bits per heavy atom. The molecule has 1 aromatic heterocycles. The molecular formula is C20H25N3O4S. The van der Waals surface area contributed by atoms with Crippen molar-refractivity contribution in [1.82, 2.24) is 4.57 Å². The van der Waals surface area contributed by atoms with Crippen LogP contribution in [0.1, 0.15) is 6.92 Å². The van der Waals surface area contributed by atoms with Crippen molar-refractivity contribution in [2.75, 3.05) is 36.6 Å². The molecule has 0 amide bonds. The molecule has 0 aliphatic heterocycles. The summed E-state index contributed by atoms with van der Waals surface area (Å²) in [6.45, 7) is 2.52. The zero-order valence-corrected chi connectivity index (χ0v) is 17.0. The molecule has 0 bridgehead atoms. The third-order valence-electron chi connectivity index (χ3n) is 4.76. The third kappa shape index (κ3) is 3.53. The Labute approximate surface area is 165 Å². The van der Waals surface area contributed by atoms with Gasteiger partial charge in [0.2, 0.25) is 10.0 Å². The Morgan fingerprint density at radius 1 is 1.18 bits per heavy atom. The predicted molar refractivity (Wildman–Crippen MR) is 113 cm³/mol. The summed E-state index contributed by atoms with van der Waals surface area (Å²) in [6.07, 6.45) is 1.12. The lowest BCUT2D eigenvalue weighted by Gasteiger charge is -2.21. The molecule has 0 saturated heterocycles. The van der Waals surface area contributed by atoms with Crippen LogP contribution in [0, 0.1) is 0 Å². The van der Waals surface area contributed by atoms with E-state index in [1.54, 1.807) is 19.2 Å². The molecule has 0 aliphatic rings. The molecule has 0 atom stereocenters. The quantitative estimate of drug-likeness (QED) is 0.632. The van der Waals surface area contributed by atoms with Gasteiger partial charge in [0.15, 0.2) is 0 Å². The van der Waals surface area contributed by atoms with E-state index in [1.807, 2.05) is 37.3 Å². The molecule has 0 radical (unpaired) electrons. The second-order valence-corrected chi connectivity index (χ2v) is 8.40. The van der Waals surface area contributed by atoms with Gasteiger partial charge in [0.25, 0.3) is 0 Å². The van der Waals surface area contributed by atoms with Crippen LogP contribution in [-0.4, -0.2) is 44.6 Å². The number of rotatable bonds is 7. The fourth-order valence-electron chi connectivity index (χ4n) is 3.49. The van der Waals surface area contributed by atoms with Gasteiger partial charge in [0.1, 0.15) is 5.75 Å². The Bertz CT molecular complexity index is 1090. The molecule has 150 valence electrons. The van der Waals surface area contributed by atoms with Crippen LogP contribution in [-0.2, 0) is 16.6 Å². The predicted octanol–water partition coefficient (Wildman–Crippen LogP) is 2.68. The Kier molecular flexibility index (Phi) is 5.53. The van der Waals surface area contributed by atoms with Gasteiger partial charge in [-0.15, -0.1) is 0 Å². The van der Waals surface area contributed by atoms with E-state index in [0.29, 0.717) is 11.4 Å². The summed E-state index contributed by atoms with van der Waals surface area (Å²) in [6, 6.07) is 12.9. The zero-order valence-electron chi connectivity index (χ0n) is 16.2. The summed E-state index contributed by atoms with van der Waals surface area (Å²) in [7, 11) is -1.85. The summed E-state index contributed by atoms with van der Waals surface area (Å²) in [4.78, 5) is 0. The van der Waals surface area contributed by atoms with Crippen LogP contribution >= 0.6 is 0 Å². The molecule has 7 nitrogen and oxygen atoms in total. The number of methoxy groups -OCH3 is 1. The number of nitrogen functional groups attached to an aromatic ring is 1. The third-order valence-corrected chi connectivity index (χ3v) is 5.95. The van der Waals surface area contributed by atoms with Gasteiger partial charge in [0.05, 0.1) is 49.1 Å². The van der Waals surface area contributed by atoms with E-state index in [-0.39, 0.29) is 13.2 Å². The van der Waals surface area contributed by atoms with Gasteiger partial charge in [-0.2, -0.15) is 0 Å². The highest BCUT2D eigenvalue weighted by molar-refractivity contribution is 7.92. The first-order chi connectivity index (χ1) is 13.3. The highest BCUT2D eigenvalue weighted by atomic mass is 32.2. The van der Waals surface area contributed by atoms with Gasteiger partial charge in [-0.1, -0.05) is 12.1 Å². The molecule has 8 heteroatoms. The van der Waals surface area contributed by atoms with Crippen molar-refractivity contribution in [3.05, 3.63) is 42.5 Å². The Hall–Kier alpha value is -2.71. The lowest BCUT2D eigenvalue weighted by atomic mass is 10.1. The molecule has 3 rings (SSSR count). The van der Waals surface area contributed by atoms with Crippen LogP contribution in [0.4, 0.5) is 11.4 Å². The minimum Gasteiger partial charge on any atom is -0.497 e. The van der Waals surface area contributed by atoms with Crippen LogP contribution in [0.3, 0.4) is 0 Å². The number of aryl methyl sites for hydroxylation is 1. The van der Waals surface area contributed by atoms with Crippen molar-refractivity contribution < 1.29 is 18.3 Å². The molecule has 28 heavy (non-hydrogen) atoms. The van der Waals surface area contributed by atoms with Crippen LogP contribution in [0.15, 0.2) is 42.5 Å². The lowest BCUT2D eigenvalue weighted by molar-refractivity contribution is 0.307. The van der Waals surface area contributed by atoms with Crippen molar-refractivity contribution in [3.8, 4) is 17.0 Å². The molecule has 3 aromatic rings. The van der Waals surface area contributed by atoms with E-state index in [0.717, 1.165) is 40.7 Å². The monoisotopic (exact) mass is 403 g/mol. The van der Waals surface area contributed by atoms with E-state index < -0.39 is 10.0 Å². The normalized spacial score (nSPS) is 11.7. The number of aliphatic hydroxyl groups excluding tert-OH is 1. The number of ether oxygens (including phenoxy) is 1. The molecule has 2 aromatic carbocycles. The molecule has 0 spiro atoms. The van der Waals surface area contributed by atoms with E-state index >= 15 is 0 Å². The number of anilines is 2. The summed E-state index contributed by atoms with van der Waals surface area (Å²) >= 11 is 0. The van der Waals surface area contributed by atoms with Gasteiger partial charge in [-0.05, 0) is 31.2 Å². The van der Waals surface area contributed by atoms with Gasteiger partial charge in [0, 0.05) is 23.6 Å². The van der Waals surface area contributed by atoms with Gasteiger partial charge in [-0.25, -0.2) is 8.42 Å². The average molecular weight is 404 g/mol. The number of fused-ring (bicyclic) bond motifs is 1. The van der Waals surface area contributed by atoms with Crippen molar-refractivity contribution in [2.45, 2.75) is 13.5 Å². The second kappa shape index (κ2) is 7.73. The number of benzene rings is 2. The number of aromatic nitrogens is 1. The Morgan fingerprint density at radius 3 is 2.39 bits per heavy atom. The first-order valence-corrected chi connectivity index (χ1v) is 10.8. The van der Waals surface area contributed by atoms with Crippen molar-refractivity contribution >= 4 is 32.3 Å². The number of nitrogens with two attached hydrogens (primary N) is 1. The number of sulfonamides is 1. The zero-order chi connectivity index (χ0) is 20.5. The maximum absolute atomic E-state index is 12.0. The van der Waals surface area contributed by atoms with Gasteiger partial charge in [-0.3, -0.25) is 4.31 Å². The molecule has 0 aliphatic carbocycles. The fraction of sp³-hybridized carbons (Fsp3) is 0.300. The fourth-order valence-corrected chi connectivity index (χ4v) is 4.40. The first-order valence-electron chi connectivity index (χ1n) is 8.96. The van der Waals surface area contributed by atoms with E-state index in [1.165, 1.54) is 4.31 Å². The van der Waals surface area contributed by atoms with E-state index in [9.17, 15) is 13.5 Å². The number of nitrogens with zero attached hydrogens (tertiary/aromatic N) is 2. The summed E-state index contributed by atoms with van der Waals surface area (Å²) in [5.41, 5.74) is 10.4. The molecule has 0 fully saturated rings. The number of aliphatic hydroxyl groups is 1. The van der Waals surface area contributed by atoms with Crippen molar-refractivity contribution in [3.63, 3.8) is 0 Å². The Balaban J connectivity index is 2.11. The topological polar surface area (TPSA) is 97.8 Å². The summed E-state index contributed by atoms with van der Waals surface area (Å²) in [5, 5.41) is 10.1. The highest BCUT2D eigenvalue weighted by Gasteiger charge is 2.19. The molecular weight excluding hydrogens is 378 g/mol. The summed E-state index contributed by atoms with van der Waals surface area (Å²) in [5.74, 6) is 0.759. The van der Waals surface area contributed by atoms with Crippen molar-refractivity contribution in [1.29, 1.82) is 0 Å². The average Bonchev–Trinajstić information content (AvgIpc) is 2.96. The van der Waals surface area contributed by atoms with Crippen LogP contribution in [0.25, 0.3) is 22.2 Å². The van der Waals surface area contributed by atoms with E-state index in [4.69, 9.17) is 10.5 Å². The second-order valence-electron chi connectivity index (χ2n) is 6.50. The summed E-state index contributed by atoms with van der Waals surface area (Å²) < 4.78 is 32.6. The minimum atomic E-state index is -3.48. The lowest BCUT2D eigenvalue weighted by Crippen LogP contribution is -2.32. The van der Waals surface area contributed by atoms with Gasteiger partial charge >= 0.3 is 0 Å². The molecule has 0 saturated carbocycles. The first kappa shape index (κ1) is 20.0. The van der Waals surface area contributed by atoms with E-state index in [2.05, 4.69) is 4.57 Å². The molecule has 0 unspecified atom stereocenters. The standard InChI is InChI=1S/C20H25N3O4S/c1-4-22-18-13-16(27-2)9-10-17(18)19(21)20(22)14-5-7-15(8-6-14)23(11-12-24)28(3,25)26/h5-10,13,24H,4,11-12,21H2,1-3H3. The van der Waals surface area contributed by atoms with Crippen molar-refractivity contribution in [2.24, 2.45) is 0 Å². The maximum atomic E-state index is 12.0. The molecule has 1 heterocycles. The van der Waals surface area contributed by atoms with Crippen LogP contribution in [0.5, 0.6) is 5.75 Å². The van der Waals surface area contributed by atoms with Gasteiger partial charge < -0.3 is 20.1 Å². The highest BCUT2D eigenvalue weighted by Crippen LogP contribution is 2.38. The van der Waals surface area contributed by atoms with Crippen LogP contribution in [0.2, 0.25) is 0 Å². The molecule has 3 N–H and O–H groups in total. The maximum Gasteiger partial charge on any atom is 0.232 e. The largest absolute Gasteiger partial charge is 0.497 e. The minimum absolute atomic E-state index is 0.00926. The smallest absolute Gasteiger partial charge is 0.232 e.